The zero-order valence-electron chi connectivity index (χ0n) is 12.5. The Kier molecular flexibility index (Phi) is 8.98. The smallest absolute Gasteiger partial charge is 0.00531 e. The normalized spacial score (nSPS) is 22.6. The van der Waals surface area contributed by atoms with Crippen molar-refractivity contribution in [1.29, 1.82) is 0 Å². The van der Waals surface area contributed by atoms with Crippen LogP contribution < -0.4 is 0 Å². The van der Waals surface area contributed by atoms with E-state index in [1.54, 1.807) is 0 Å². The molecule has 104 valence electrons. The predicted octanol–water partition coefficient (Wildman–Crippen LogP) is 6.29. The molecule has 0 aromatic heterocycles. The fourth-order valence-electron chi connectivity index (χ4n) is 2.70. The summed E-state index contributed by atoms with van der Waals surface area (Å²) in [5, 5.41) is 0. The van der Waals surface area contributed by atoms with Crippen molar-refractivity contribution in [1.82, 2.24) is 0 Å². The molecule has 0 saturated carbocycles. The van der Waals surface area contributed by atoms with Gasteiger partial charge in [-0.15, -0.1) is 0 Å². The van der Waals surface area contributed by atoms with E-state index in [0.29, 0.717) is 0 Å². The summed E-state index contributed by atoms with van der Waals surface area (Å²) < 4.78 is 0. The van der Waals surface area contributed by atoms with Crippen molar-refractivity contribution in [3.05, 3.63) is 24.3 Å². The van der Waals surface area contributed by atoms with E-state index in [2.05, 4.69) is 38.2 Å². The molecule has 1 aliphatic carbocycles. The number of rotatable bonds is 10. The minimum Gasteiger partial charge on any atom is -0.0810 e. The number of allylic oxidation sites excluding steroid dienone is 4. The lowest BCUT2D eigenvalue weighted by molar-refractivity contribution is 0.558. The molecular formula is C18H32. The van der Waals surface area contributed by atoms with E-state index < -0.39 is 0 Å². The van der Waals surface area contributed by atoms with Crippen LogP contribution in [0.25, 0.3) is 0 Å². The second-order valence-electron chi connectivity index (χ2n) is 5.80. The highest BCUT2D eigenvalue weighted by molar-refractivity contribution is 5.13. The van der Waals surface area contributed by atoms with Gasteiger partial charge in [0.2, 0.25) is 0 Å². The van der Waals surface area contributed by atoms with Gasteiger partial charge in [0.1, 0.15) is 0 Å². The molecule has 1 rings (SSSR count). The van der Waals surface area contributed by atoms with Crippen LogP contribution in [-0.2, 0) is 0 Å². The molecule has 0 spiro atoms. The standard InChI is InChI=1S/C18H32/c1-3-5-7-9-11-17-13-15-18(16-14-17)12-10-8-6-4-2/h13-18H,3-12H2,1-2H3. The van der Waals surface area contributed by atoms with E-state index in [1.807, 2.05) is 0 Å². The highest BCUT2D eigenvalue weighted by Gasteiger charge is 2.08. The van der Waals surface area contributed by atoms with Gasteiger partial charge in [0, 0.05) is 0 Å². The van der Waals surface area contributed by atoms with Gasteiger partial charge in [0.15, 0.2) is 0 Å². The molecule has 0 bridgehead atoms. The van der Waals surface area contributed by atoms with Crippen molar-refractivity contribution in [3.8, 4) is 0 Å². The van der Waals surface area contributed by atoms with E-state index in [1.165, 1.54) is 64.2 Å². The summed E-state index contributed by atoms with van der Waals surface area (Å²) in [5.74, 6) is 1.46. The van der Waals surface area contributed by atoms with Crippen molar-refractivity contribution < 1.29 is 0 Å². The van der Waals surface area contributed by atoms with E-state index >= 15 is 0 Å². The molecule has 0 aliphatic heterocycles. The van der Waals surface area contributed by atoms with Crippen molar-refractivity contribution in [3.63, 3.8) is 0 Å². The second kappa shape index (κ2) is 10.4. The van der Waals surface area contributed by atoms with Gasteiger partial charge in [-0.2, -0.15) is 0 Å². The van der Waals surface area contributed by atoms with Crippen molar-refractivity contribution in [2.24, 2.45) is 11.8 Å². The van der Waals surface area contributed by atoms with Crippen LogP contribution in [0.1, 0.15) is 78.1 Å². The molecule has 0 radical (unpaired) electrons. The Morgan fingerprint density at radius 1 is 0.556 bits per heavy atom. The maximum Gasteiger partial charge on any atom is -0.00531 e. The number of unbranched alkanes of at least 4 members (excludes halogenated alkanes) is 6. The molecule has 0 aromatic rings. The molecule has 0 heterocycles. The van der Waals surface area contributed by atoms with Gasteiger partial charge in [0.05, 0.1) is 0 Å². The van der Waals surface area contributed by atoms with Gasteiger partial charge in [0.25, 0.3) is 0 Å². The van der Waals surface area contributed by atoms with Crippen LogP contribution in [0.15, 0.2) is 24.3 Å². The number of hydrogen-bond donors (Lipinski definition) is 0. The lowest BCUT2D eigenvalue weighted by Gasteiger charge is -2.16. The summed E-state index contributed by atoms with van der Waals surface area (Å²) in [5.41, 5.74) is 0. The molecule has 0 fully saturated rings. The maximum absolute atomic E-state index is 2.45. The average Bonchev–Trinajstić information content (AvgIpc) is 2.41. The molecule has 0 amide bonds. The van der Waals surface area contributed by atoms with Crippen molar-refractivity contribution in [2.45, 2.75) is 78.1 Å². The lowest BCUT2D eigenvalue weighted by atomic mass is 9.89. The Bertz CT molecular complexity index is 198. The molecule has 0 saturated heterocycles. The van der Waals surface area contributed by atoms with E-state index in [-0.39, 0.29) is 0 Å². The van der Waals surface area contributed by atoms with Crippen LogP contribution in [0.2, 0.25) is 0 Å². The zero-order chi connectivity index (χ0) is 13.1. The van der Waals surface area contributed by atoms with E-state index in [4.69, 9.17) is 0 Å². The van der Waals surface area contributed by atoms with Crippen LogP contribution >= 0.6 is 0 Å². The lowest BCUT2D eigenvalue weighted by Crippen LogP contribution is -2.02. The first-order chi connectivity index (χ1) is 8.86. The minimum atomic E-state index is 0.730. The highest BCUT2D eigenvalue weighted by atomic mass is 14.1. The molecular weight excluding hydrogens is 216 g/mol. The second-order valence-corrected chi connectivity index (χ2v) is 5.80. The topological polar surface area (TPSA) is 0 Å². The quantitative estimate of drug-likeness (QED) is 0.315. The highest BCUT2D eigenvalue weighted by Crippen LogP contribution is 2.23. The fourth-order valence-corrected chi connectivity index (χ4v) is 2.70. The van der Waals surface area contributed by atoms with Crippen LogP contribution in [0.5, 0.6) is 0 Å². The summed E-state index contributed by atoms with van der Waals surface area (Å²) in [6, 6.07) is 0. The molecule has 1 aliphatic rings. The Balaban J connectivity index is 2.07. The van der Waals surface area contributed by atoms with Gasteiger partial charge in [-0.1, -0.05) is 89.5 Å². The summed E-state index contributed by atoms with van der Waals surface area (Å²) >= 11 is 0. The summed E-state index contributed by atoms with van der Waals surface area (Å²) in [6.07, 6.45) is 23.6. The SMILES string of the molecule is CCCCCCC1C=CC(CCCCCC)C=C1. The Morgan fingerprint density at radius 2 is 0.944 bits per heavy atom. The van der Waals surface area contributed by atoms with Crippen molar-refractivity contribution in [2.75, 3.05) is 0 Å². The third-order valence-corrected chi connectivity index (χ3v) is 3.99. The third kappa shape index (κ3) is 7.03. The maximum atomic E-state index is 2.45. The molecule has 0 aromatic carbocycles. The van der Waals surface area contributed by atoms with Gasteiger partial charge in [-0.25, -0.2) is 0 Å². The van der Waals surface area contributed by atoms with Crippen molar-refractivity contribution >= 4 is 0 Å². The molecule has 0 N–H and O–H groups in total. The first-order valence-corrected chi connectivity index (χ1v) is 8.23. The molecule has 18 heavy (non-hydrogen) atoms. The van der Waals surface area contributed by atoms with Gasteiger partial charge in [-0.3, -0.25) is 0 Å². The number of hydrogen-bond acceptors (Lipinski definition) is 0. The van der Waals surface area contributed by atoms with E-state index in [0.717, 1.165) is 11.8 Å². The Labute approximate surface area is 115 Å². The van der Waals surface area contributed by atoms with Crippen LogP contribution in [0, 0.1) is 11.8 Å². The van der Waals surface area contributed by atoms with Gasteiger partial charge >= 0.3 is 0 Å². The summed E-state index contributed by atoms with van der Waals surface area (Å²) in [6.45, 7) is 4.56. The van der Waals surface area contributed by atoms with E-state index in [9.17, 15) is 0 Å². The zero-order valence-corrected chi connectivity index (χ0v) is 12.5. The minimum absolute atomic E-state index is 0.730. The predicted molar refractivity (Wildman–Crippen MR) is 82.8 cm³/mol. The molecule has 0 atom stereocenters. The van der Waals surface area contributed by atoms with Crippen LogP contribution in [0.3, 0.4) is 0 Å². The summed E-state index contributed by atoms with van der Waals surface area (Å²) in [7, 11) is 0. The van der Waals surface area contributed by atoms with Crippen LogP contribution in [0.4, 0.5) is 0 Å². The largest absolute Gasteiger partial charge is 0.0810 e. The molecule has 0 nitrogen and oxygen atoms in total. The van der Waals surface area contributed by atoms with Gasteiger partial charge in [-0.05, 0) is 24.7 Å². The summed E-state index contributed by atoms with van der Waals surface area (Å²) in [4.78, 5) is 0. The Hall–Kier alpha value is -0.520. The van der Waals surface area contributed by atoms with Gasteiger partial charge < -0.3 is 0 Å². The molecule has 0 heteroatoms. The Morgan fingerprint density at radius 3 is 1.28 bits per heavy atom. The average molecular weight is 248 g/mol. The fraction of sp³-hybridized carbons (Fsp3) is 0.778. The molecule has 0 unspecified atom stereocenters. The first-order valence-electron chi connectivity index (χ1n) is 8.23. The monoisotopic (exact) mass is 248 g/mol. The van der Waals surface area contributed by atoms with Crippen LogP contribution in [-0.4, -0.2) is 0 Å². The first kappa shape index (κ1) is 15.5. The third-order valence-electron chi connectivity index (χ3n) is 3.99.